The number of anilines is 1. The van der Waals surface area contributed by atoms with E-state index in [-0.39, 0.29) is 6.04 Å². The number of nitrogens with one attached hydrogen (secondary N) is 1. The SMILES string of the molecule is COc1cccc(NC(C#N)c2ccc(C)s2)c1. The van der Waals surface area contributed by atoms with E-state index in [9.17, 15) is 5.26 Å². The van der Waals surface area contributed by atoms with E-state index in [1.54, 1.807) is 18.4 Å². The van der Waals surface area contributed by atoms with Crippen molar-refractivity contribution in [3.63, 3.8) is 0 Å². The molecule has 0 aliphatic rings. The number of thiophene rings is 1. The van der Waals surface area contributed by atoms with Crippen molar-refractivity contribution in [1.82, 2.24) is 0 Å². The predicted octanol–water partition coefficient (Wildman–Crippen LogP) is 3.74. The average molecular weight is 258 g/mol. The Labute approximate surface area is 111 Å². The fraction of sp³-hybridized carbons (Fsp3) is 0.214. The number of nitriles is 1. The van der Waals surface area contributed by atoms with Gasteiger partial charge in [-0.05, 0) is 31.2 Å². The van der Waals surface area contributed by atoms with E-state index in [1.165, 1.54) is 4.88 Å². The van der Waals surface area contributed by atoms with Crippen molar-refractivity contribution in [2.24, 2.45) is 0 Å². The van der Waals surface area contributed by atoms with Gasteiger partial charge >= 0.3 is 0 Å². The van der Waals surface area contributed by atoms with E-state index >= 15 is 0 Å². The second-order valence-corrected chi connectivity index (χ2v) is 5.21. The molecule has 1 N–H and O–H groups in total. The summed E-state index contributed by atoms with van der Waals surface area (Å²) in [6.07, 6.45) is 0. The Morgan fingerprint density at radius 1 is 1.33 bits per heavy atom. The Bertz CT molecular complexity index is 571. The van der Waals surface area contributed by atoms with E-state index in [2.05, 4.69) is 11.4 Å². The number of hydrogen-bond donors (Lipinski definition) is 1. The van der Waals surface area contributed by atoms with E-state index in [1.807, 2.05) is 43.3 Å². The van der Waals surface area contributed by atoms with E-state index in [4.69, 9.17) is 4.74 Å². The van der Waals surface area contributed by atoms with Gasteiger partial charge in [0.05, 0.1) is 13.2 Å². The van der Waals surface area contributed by atoms with Crippen molar-refractivity contribution in [1.29, 1.82) is 5.26 Å². The maximum atomic E-state index is 9.24. The third-order valence-corrected chi connectivity index (χ3v) is 3.62. The molecule has 2 rings (SSSR count). The largest absolute Gasteiger partial charge is 0.497 e. The van der Waals surface area contributed by atoms with Gasteiger partial charge in [-0.1, -0.05) is 6.07 Å². The lowest BCUT2D eigenvalue weighted by Crippen LogP contribution is -2.06. The van der Waals surface area contributed by atoms with Crippen LogP contribution < -0.4 is 10.1 Å². The molecular formula is C14H14N2OS. The second kappa shape index (κ2) is 5.56. The minimum atomic E-state index is -0.323. The average Bonchev–Trinajstić information content (AvgIpc) is 2.82. The van der Waals surface area contributed by atoms with Crippen LogP contribution >= 0.6 is 11.3 Å². The van der Waals surface area contributed by atoms with Crippen LogP contribution in [0.4, 0.5) is 5.69 Å². The molecule has 0 bridgehead atoms. The van der Waals surface area contributed by atoms with Gasteiger partial charge in [0.15, 0.2) is 0 Å². The predicted molar refractivity (Wildman–Crippen MR) is 74.0 cm³/mol. The molecule has 0 saturated heterocycles. The molecule has 1 heterocycles. The molecular weight excluding hydrogens is 244 g/mol. The Morgan fingerprint density at radius 2 is 2.17 bits per heavy atom. The van der Waals surface area contributed by atoms with Crippen LogP contribution in [0.25, 0.3) is 0 Å². The molecule has 92 valence electrons. The number of rotatable bonds is 4. The van der Waals surface area contributed by atoms with Crippen molar-refractivity contribution in [2.45, 2.75) is 13.0 Å². The zero-order valence-electron chi connectivity index (χ0n) is 10.3. The highest BCUT2D eigenvalue weighted by Crippen LogP contribution is 2.27. The summed E-state index contributed by atoms with van der Waals surface area (Å²) in [5.74, 6) is 0.777. The molecule has 4 heteroatoms. The van der Waals surface area contributed by atoms with Gasteiger partial charge in [0.2, 0.25) is 0 Å². The Hall–Kier alpha value is -1.99. The molecule has 18 heavy (non-hydrogen) atoms. The van der Waals surface area contributed by atoms with Crippen molar-refractivity contribution in [3.8, 4) is 11.8 Å². The third-order valence-electron chi connectivity index (χ3n) is 2.56. The summed E-state index contributed by atoms with van der Waals surface area (Å²) in [5, 5.41) is 12.4. The molecule has 0 aliphatic carbocycles. The van der Waals surface area contributed by atoms with Gasteiger partial charge in [0, 0.05) is 21.5 Å². The van der Waals surface area contributed by atoms with Crippen molar-refractivity contribution in [3.05, 3.63) is 46.2 Å². The van der Waals surface area contributed by atoms with Gasteiger partial charge < -0.3 is 10.1 Å². The zero-order chi connectivity index (χ0) is 13.0. The Morgan fingerprint density at radius 3 is 2.78 bits per heavy atom. The fourth-order valence-corrected chi connectivity index (χ4v) is 2.53. The number of benzene rings is 1. The van der Waals surface area contributed by atoms with Crippen LogP contribution in [-0.2, 0) is 0 Å². The summed E-state index contributed by atoms with van der Waals surface area (Å²) in [4.78, 5) is 2.23. The van der Waals surface area contributed by atoms with Crippen LogP contribution in [0.3, 0.4) is 0 Å². The van der Waals surface area contributed by atoms with Gasteiger partial charge in [-0.2, -0.15) is 5.26 Å². The number of aryl methyl sites for hydroxylation is 1. The minimum Gasteiger partial charge on any atom is -0.497 e. The standard InChI is InChI=1S/C14H14N2OS/c1-10-6-7-14(18-10)13(9-15)16-11-4-3-5-12(8-11)17-2/h3-8,13,16H,1-2H3. The van der Waals surface area contributed by atoms with Crippen LogP contribution in [0.2, 0.25) is 0 Å². The minimum absolute atomic E-state index is 0.323. The van der Waals surface area contributed by atoms with E-state index in [0.717, 1.165) is 16.3 Å². The monoisotopic (exact) mass is 258 g/mol. The lowest BCUT2D eigenvalue weighted by atomic mass is 10.2. The summed E-state index contributed by atoms with van der Waals surface area (Å²) in [6, 6.07) is 13.5. The van der Waals surface area contributed by atoms with Crippen LogP contribution in [0.1, 0.15) is 15.8 Å². The summed E-state index contributed by atoms with van der Waals surface area (Å²) in [5.41, 5.74) is 0.881. The summed E-state index contributed by atoms with van der Waals surface area (Å²) >= 11 is 1.63. The molecule has 0 aliphatic heterocycles. The second-order valence-electron chi connectivity index (χ2n) is 3.89. The number of nitrogens with zero attached hydrogens (tertiary/aromatic N) is 1. The van der Waals surface area contributed by atoms with Gasteiger partial charge in [-0.25, -0.2) is 0 Å². The molecule has 2 aromatic rings. The first kappa shape index (κ1) is 12.5. The molecule has 1 atom stereocenters. The summed E-state index contributed by atoms with van der Waals surface area (Å²) in [7, 11) is 1.63. The number of hydrogen-bond acceptors (Lipinski definition) is 4. The smallest absolute Gasteiger partial charge is 0.149 e. The first-order valence-corrected chi connectivity index (χ1v) is 6.41. The first-order chi connectivity index (χ1) is 8.72. The van der Waals surface area contributed by atoms with Crippen LogP contribution in [-0.4, -0.2) is 7.11 Å². The maximum Gasteiger partial charge on any atom is 0.149 e. The molecule has 3 nitrogen and oxygen atoms in total. The third kappa shape index (κ3) is 2.82. The quantitative estimate of drug-likeness (QED) is 0.908. The lowest BCUT2D eigenvalue weighted by Gasteiger charge is -2.12. The zero-order valence-corrected chi connectivity index (χ0v) is 11.1. The fourth-order valence-electron chi connectivity index (χ4n) is 1.66. The molecule has 1 aromatic heterocycles. The van der Waals surface area contributed by atoms with Crippen LogP contribution in [0.5, 0.6) is 5.75 Å². The van der Waals surface area contributed by atoms with Gasteiger partial charge in [0.25, 0.3) is 0 Å². The highest BCUT2D eigenvalue weighted by Gasteiger charge is 2.12. The topological polar surface area (TPSA) is 45.0 Å². The normalized spacial score (nSPS) is 11.6. The molecule has 0 amide bonds. The number of methoxy groups -OCH3 is 1. The molecule has 1 unspecified atom stereocenters. The van der Waals surface area contributed by atoms with Crippen LogP contribution in [0.15, 0.2) is 36.4 Å². The van der Waals surface area contributed by atoms with Crippen molar-refractivity contribution >= 4 is 17.0 Å². The molecule has 0 spiro atoms. The summed E-state index contributed by atoms with van der Waals surface area (Å²) in [6.45, 7) is 2.04. The molecule has 0 saturated carbocycles. The first-order valence-electron chi connectivity index (χ1n) is 5.59. The molecule has 1 aromatic carbocycles. The molecule has 0 radical (unpaired) electrons. The van der Waals surface area contributed by atoms with Crippen molar-refractivity contribution in [2.75, 3.05) is 12.4 Å². The Kier molecular flexibility index (Phi) is 3.85. The Balaban J connectivity index is 2.18. The van der Waals surface area contributed by atoms with Gasteiger partial charge in [-0.15, -0.1) is 11.3 Å². The van der Waals surface area contributed by atoms with Crippen molar-refractivity contribution < 1.29 is 4.74 Å². The maximum absolute atomic E-state index is 9.24. The molecule has 0 fully saturated rings. The lowest BCUT2D eigenvalue weighted by molar-refractivity contribution is 0.415. The highest BCUT2D eigenvalue weighted by molar-refractivity contribution is 7.12. The van der Waals surface area contributed by atoms with Gasteiger partial charge in [-0.3, -0.25) is 0 Å². The van der Waals surface area contributed by atoms with Gasteiger partial charge in [0.1, 0.15) is 11.8 Å². The summed E-state index contributed by atoms with van der Waals surface area (Å²) < 4.78 is 5.16. The van der Waals surface area contributed by atoms with E-state index < -0.39 is 0 Å². The van der Waals surface area contributed by atoms with Crippen LogP contribution in [0, 0.1) is 18.3 Å². The van der Waals surface area contributed by atoms with E-state index in [0.29, 0.717) is 0 Å². The highest BCUT2D eigenvalue weighted by atomic mass is 32.1. The number of ether oxygens (including phenoxy) is 1.